The molecule has 0 bridgehead atoms. The molecule has 0 radical (unpaired) electrons. The Kier molecular flexibility index (Phi) is 7.05. The van der Waals surface area contributed by atoms with E-state index in [1.807, 2.05) is 4.72 Å². The molecule has 0 spiro atoms. The van der Waals surface area contributed by atoms with Gasteiger partial charge in [-0.3, -0.25) is 4.72 Å². The van der Waals surface area contributed by atoms with Gasteiger partial charge in [-0.15, -0.1) is 0 Å². The van der Waals surface area contributed by atoms with Gasteiger partial charge in [0.15, 0.2) is 21.7 Å². The highest BCUT2D eigenvalue weighted by Crippen LogP contribution is 2.42. The second kappa shape index (κ2) is 10.2. The van der Waals surface area contributed by atoms with Gasteiger partial charge >= 0.3 is 0 Å². The Bertz CT molecular complexity index is 1640. The molecule has 0 unspecified atom stereocenters. The number of sulfonamides is 1. The quantitative estimate of drug-likeness (QED) is 0.252. The third-order valence-corrected chi connectivity index (χ3v) is 8.81. The average molecular weight is 580 g/mol. The Morgan fingerprint density at radius 2 is 1.84 bits per heavy atom. The van der Waals surface area contributed by atoms with Crippen LogP contribution in [0.1, 0.15) is 18.7 Å². The number of nitrogens with zero attached hydrogens (tertiary/aromatic N) is 4. The van der Waals surface area contributed by atoms with E-state index < -0.39 is 43.1 Å². The van der Waals surface area contributed by atoms with E-state index in [1.54, 1.807) is 31.3 Å². The highest BCUT2D eigenvalue weighted by molar-refractivity contribution is 7.92. The fourth-order valence-electron chi connectivity index (χ4n) is 3.80. The Balaban J connectivity index is 1.58. The summed E-state index contributed by atoms with van der Waals surface area (Å²) < 4.78 is 72.2. The first kappa shape index (κ1) is 26.4. The first-order valence-corrected chi connectivity index (χ1v) is 14.2. The number of benzene rings is 2. The van der Waals surface area contributed by atoms with Crippen LogP contribution in [0.25, 0.3) is 21.8 Å². The zero-order chi connectivity index (χ0) is 27.2. The van der Waals surface area contributed by atoms with Crippen LogP contribution in [0.4, 0.5) is 24.0 Å². The molecule has 2 heterocycles. The van der Waals surface area contributed by atoms with Crippen LogP contribution in [0.2, 0.25) is 5.02 Å². The fraction of sp³-hybridized carbons (Fsp3) is 0.240. The van der Waals surface area contributed by atoms with Gasteiger partial charge in [0.25, 0.3) is 10.0 Å². The predicted octanol–water partition coefficient (Wildman–Crippen LogP) is 6.16. The molecule has 0 saturated heterocycles. The lowest BCUT2D eigenvalue weighted by Crippen LogP contribution is -2.17. The lowest BCUT2D eigenvalue weighted by atomic mass is 10.1. The Labute approximate surface area is 226 Å². The summed E-state index contributed by atoms with van der Waals surface area (Å²) in [6.45, 7) is 0. The minimum Gasteiger partial charge on any atom is -0.354 e. The lowest BCUT2D eigenvalue weighted by Gasteiger charge is -2.13. The number of halogens is 4. The summed E-state index contributed by atoms with van der Waals surface area (Å²) in [6.07, 6.45) is 4.68. The Morgan fingerprint density at radius 1 is 1.08 bits per heavy atom. The molecule has 1 aliphatic rings. The molecule has 1 saturated carbocycles. The Morgan fingerprint density at radius 3 is 2.55 bits per heavy atom. The maximum atomic E-state index is 15.8. The maximum Gasteiger partial charge on any atom is 0.267 e. The summed E-state index contributed by atoms with van der Waals surface area (Å²) in [5.41, 5.74) is 0.279. The van der Waals surface area contributed by atoms with E-state index in [4.69, 9.17) is 11.6 Å². The third-order valence-electron chi connectivity index (χ3n) is 5.87. The van der Waals surface area contributed by atoms with Crippen LogP contribution < -0.4 is 9.62 Å². The van der Waals surface area contributed by atoms with Crippen molar-refractivity contribution in [3.63, 3.8) is 0 Å². The number of thiazole rings is 1. The van der Waals surface area contributed by atoms with Crippen molar-refractivity contribution in [2.45, 2.75) is 24.2 Å². The zero-order valence-corrected chi connectivity index (χ0v) is 22.6. The van der Waals surface area contributed by atoms with E-state index in [0.29, 0.717) is 27.4 Å². The molecule has 198 valence electrons. The van der Waals surface area contributed by atoms with E-state index in [2.05, 4.69) is 15.0 Å². The van der Waals surface area contributed by atoms with E-state index in [1.165, 1.54) is 23.5 Å². The molecule has 1 N–H and O–H groups in total. The summed E-state index contributed by atoms with van der Waals surface area (Å²) in [5.74, 6) is -2.55. The summed E-state index contributed by atoms with van der Waals surface area (Å²) in [4.78, 5) is 14.6. The molecule has 2 aromatic carbocycles. The minimum absolute atomic E-state index is 0.0149. The minimum atomic E-state index is -4.87. The van der Waals surface area contributed by atoms with Crippen molar-refractivity contribution < 1.29 is 21.6 Å². The second-order valence-electron chi connectivity index (χ2n) is 9.02. The highest BCUT2D eigenvalue weighted by Gasteiger charge is 2.29. The fourth-order valence-corrected chi connectivity index (χ4v) is 6.21. The van der Waals surface area contributed by atoms with E-state index in [-0.39, 0.29) is 11.3 Å². The van der Waals surface area contributed by atoms with Gasteiger partial charge in [0.2, 0.25) is 0 Å². The van der Waals surface area contributed by atoms with Crippen molar-refractivity contribution in [2.75, 3.05) is 23.7 Å². The topological polar surface area (TPSA) is 88.1 Å². The highest BCUT2D eigenvalue weighted by atomic mass is 35.5. The molecule has 2 aromatic heterocycles. The van der Waals surface area contributed by atoms with Gasteiger partial charge < -0.3 is 4.90 Å². The smallest absolute Gasteiger partial charge is 0.267 e. The number of nitrogens with one attached hydrogen (secondary N) is 1. The van der Waals surface area contributed by atoms with Crippen LogP contribution in [0, 0.1) is 23.4 Å². The van der Waals surface area contributed by atoms with Gasteiger partial charge in [-0.1, -0.05) is 29.0 Å². The number of hydrogen-bond donors (Lipinski definition) is 1. The lowest BCUT2D eigenvalue weighted by molar-refractivity contribution is 0.521. The summed E-state index contributed by atoms with van der Waals surface area (Å²) in [7, 11) is -1.29. The largest absolute Gasteiger partial charge is 0.354 e. The van der Waals surface area contributed by atoms with Crippen molar-refractivity contribution in [2.24, 2.45) is 5.92 Å². The summed E-state index contributed by atoms with van der Waals surface area (Å²) >= 11 is 6.94. The molecule has 7 nitrogen and oxygen atoms in total. The first-order valence-electron chi connectivity index (χ1n) is 11.5. The predicted molar refractivity (Wildman–Crippen MR) is 141 cm³/mol. The number of anilines is 2. The van der Waals surface area contributed by atoms with Gasteiger partial charge in [-0.25, -0.2) is 36.5 Å². The number of rotatable bonds is 8. The van der Waals surface area contributed by atoms with Crippen LogP contribution >= 0.6 is 22.9 Å². The normalized spacial score (nSPS) is 13.5. The van der Waals surface area contributed by atoms with Crippen molar-refractivity contribution in [1.82, 2.24) is 15.0 Å². The SMILES string of the molecule is CN(C)c1nc(-c2cccc(NS(=O)(=O)c3c(F)ccc(Cl)c3F)c2F)c(-c2ccnc(CC3CC3)n2)s1. The van der Waals surface area contributed by atoms with E-state index >= 15 is 4.39 Å². The van der Waals surface area contributed by atoms with Crippen LogP contribution in [0.15, 0.2) is 47.5 Å². The summed E-state index contributed by atoms with van der Waals surface area (Å²) in [6, 6.07) is 7.32. The maximum absolute atomic E-state index is 15.8. The van der Waals surface area contributed by atoms with Gasteiger partial charge in [-0.2, -0.15) is 0 Å². The van der Waals surface area contributed by atoms with Crippen molar-refractivity contribution in [1.29, 1.82) is 0 Å². The molecule has 1 aliphatic carbocycles. The molecule has 0 amide bonds. The van der Waals surface area contributed by atoms with Gasteiger partial charge in [-0.05, 0) is 49.1 Å². The second-order valence-corrected chi connectivity index (χ2v) is 12.0. The van der Waals surface area contributed by atoms with Gasteiger partial charge in [0, 0.05) is 32.3 Å². The van der Waals surface area contributed by atoms with Gasteiger partial charge in [0.1, 0.15) is 11.6 Å². The molecule has 4 aromatic rings. The van der Waals surface area contributed by atoms with E-state index in [0.717, 1.165) is 37.5 Å². The average Bonchev–Trinajstić information content (AvgIpc) is 3.56. The van der Waals surface area contributed by atoms with Crippen LogP contribution in [0.5, 0.6) is 0 Å². The van der Waals surface area contributed by atoms with Crippen molar-refractivity contribution >= 4 is 43.8 Å². The van der Waals surface area contributed by atoms with Gasteiger partial charge in [0.05, 0.1) is 27.0 Å². The summed E-state index contributed by atoms with van der Waals surface area (Å²) in [5, 5.41) is -0.0129. The molecular formula is C25H21ClF3N5O2S2. The standard InChI is InChI=1S/C25H21ClF3N5O2S2/c1-34(2)25-32-22(23(37-25)18-10-11-30-19(31-18)12-13-6-7-13)14-4-3-5-17(20(14)28)33-38(35,36)24-16(27)9-8-15(26)21(24)29/h3-5,8-11,13,33H,6-7,12H2,1-2H3. The molecular weight excluding hydrogens is 559 g/mol. The molecule has 0 atom stereocenters. The van der Waals surface area contributed by atoms with Crippen LogP contribution in [-0.4, -0.2) is 37.5 Å². The first-order chi connectivity index (χ1) is 18.0. The molecule has 5 rings (SSSR count). The molecule has 13 heteroatoms. The number of hydrogen-bond acceptors (Lipinski definition) is 7. The molecule has 1 fully saturated rings. The zero-order valence-electron chi connectivity index (χ0n) is 20.2. The van der Waals surface area contributed by atoms with Crippen molar-refractivity contribution in [3.05, 3.63) is 70.9 Å². The monoisotopic (exact) mass is 579 g/mol. The Hall–Kier alpha value is -3.22. The van der Waals surface area contributed by atoms with Crippen molar-refractivity contribution in [3.8, 4) is 21.8 Å². The molecule has 0 aliphatic heterocycles. The van der Waals surface area contributed by atoms with Crippen LogP contribution in [-0.2, 0) is 16.4 Å². The third kappa shape index (κ3) is 5.20. The van der Waals surface area contributed by atoms with Crippen LogP contribution in [0.3, 0.4) is 0 Å². The van der Waals surface area contributed by atoms with E-state index in [9.17, 15) is 17.2 Å². The molecule has 38 heavy (non-hydrogen) atoms. The number of aromatic nitrogens is 3.